The van der Waals surface area contributed by atoms with Crippen LogP contribution >= 0.6 is 11.3 Å². The van der Waals surface area contributed by atoms with E-state index in [-0.39, 0.29) is 0 Å². The van der Waals surface area contributed by atoms with Gasteiger partial charge in [-0.05, 0) is 29.8 Å². The molecule has 3 heteroatoms. The van der Waals surface area contributed by atoms with Gasteiger partial charge in [0.15, 0.2) is 0 Å². The number of furan rings is 1. The fourth-order valence-corrected chi connectivity index (χ4v) is 7.78. The molecule has 0 saturated heterocycles. The minimum atomic E-state index is 0.938. The molecule has 0 N–H and O–H groups in total. The molecule has 3 aromatic heterocycles. The predicted octanol–water partition coefficient (Wildman–Crippen LogP) is 10.9. The van der Waals surface area contributed by atoms with Gasteiger partial charge in [0.05, 0.1) is 0 Å². The van der Waals surface area contributed by atoms with E-state index in [4.69, 9.17) is 4.42 Å². The normalized spacial score (nSPS) is 12.1. The summed E-state index contributed by atoms with van der Waals surface area (Å²) in [5, 5.41) is 7.45. The maximum atomic E-state index is 6.85. The van der Waals surface area contributed by atoms with Crippen molar-refractivity contribution < 1.29 is 4.42 Å². The van der Waals surface area contributed by atoms with Crippen LogP contribution in [0.2, 0.25) is 0 Å². The van der Waals surface area contributed by atoms with Crippen LogP contribution in [-0.4, -0.2) is 4.57 Å². The molecule has 0 radical (unpaired) electrons. The number of hydrogen-bond donors (Lipinski definition) is 0. The Bertz CT molecular complexity index is 2450. The Balaban J connectivity index is 1.31. The van der Waals surface area contributed by atoms with Gasteiger partial charge < -0.3 is 8.98 Å². The van der Waals surface area contributed by atoms with Gasteiger partial charge in [-0.15, -0.1) is 11.3 Å². The summed E-state index contributed by atoms with van der Waals surface area (Å²) in [5.74, 6) is 0. The van der Waals surface area contributed by atoms with Crippen molar-refractivity contribution in [3.05, 3.63) is 121 Å². The minimum absolute atomic E-state index is 0.938. The zero-order chi connectivity index (χ0) is 26.4. The van der Waals surface area contributed by atoms with Crippen molar-refractivity contribution in [3.8, 4) is 22.3 Å². The SMILES string of the molecule is Cn1c2ccccc2c2cc(-c3cccc4c3oc3c(-c5cccc6c5sc5ccccc56)cccc34)ccc21. The van der Waals surface area contributed by atoms with Crippen LogP contribution in [0.25, 0.3) is 86.2 Å². The maximum Gasteiger partial charge on any atom is 0.143 e. The second kappa shape index (κ2) is 8.08. The molecule has 0 fully saturated rings. The van der Waals surface area contributed by atoms with E-state index in [1.807, 2.05) is 11.3 Å². The van der Waals surface area contributed by atoms with E-state index in [0.717, 1.165) is 33.1 Å². The van der Waals surface area contributed by atoms with Crippen molar-refractivity contribution in [3.63, 3.8) is 0 Å². The molecule has 6 aromatic carbocycles. The molecule has 0 aliphatic carbocycles. The van der Waals surface area contributed by atoms with E-state index in [1.54, 1.807) is 0 Å². The molecule has 0 aliphatic heterocycles. The van der Waals surface area contributed by atoms with Crippen LogP contribution in [0, 0.1) is 0 Å². The first kappa shape index (κ1) is 22.0. The van der Waals surface area contributed by atoms with Gasteiger partial charge >= 0.3 is 0 Å². The summed E-state index contributed by atoms with van der Waals surface area (Å²) in [7, 11) is 2.14. The quantitative estimate of drug-likeness (QED) is 0.218. The first-order valence-corrected chi connectivity index (χ1v) is 14.4. The number of para-hydroxylation sites is 3. The van der Waals surface area contributed by atoms with Gasteiger partial charge in [0.1, 0.15) is 11.2 Å². The van der Waals surface area contributed by atoms with Crippen LogP contribution in [-0.2, 0) is 7.05 Å². The van der Waals surface area contributed by atoms with E-state index < -0.39 is 0 Å². The number of aryl methyl sites for hydroxylation is 1. The number of nitrogens with zero attached hydrogens (tertiary/aromatic N) is 1. The average molecular weight is 530 g/mol. The van der Waals surface area contributed by atoms with E-state index in [1.165, 1.54) is 53.1 Å². The van der Waals surface area contributed by atoms with Crippen molar-refractivity contribution in [1.82, 2.24) is 4.57 Å². The van der Waals surface area contributed by atoms with Crippen LogP contribution < -0.4 is 0 Å². The Kier molecular flexibility index (Phi) is 4.44. The molecule has 0 aliphatic rings. The van der Waals surface area contributed by atoms with Crippen LogP contribution in [0.15, 0.2) is 126 Å². The summed E-state index contributed by atoms with van der Waals surface area (Å²) in [6.45, 7) is 0. The van der Waals surface area contributed by atoms with E-state index in [2.05, 4.69) is 133 Å². The zero-order valence-corrected chi connectivity index (χ0v) is 22.6. The second-order valence-corrected chi connectivity index (χ2v) is 11.6. The van der Waals surface area contributed by atoms with Crippen molar-refractivity contribution >= 4 is 75.3 Å². The molecule has 9 rings (SSSR count). The summed E-state index contributed by atoms with van der Waals surface area (Å²) in [5.41, 5.74) is 9.02. The molecule has 3 heterocycles. The molecule has 0 spiro atoms. The lowest BCUT2D eigenvalue weighted by molar-refractivity contribution is 0.671. The van der Waals surface area contributed by atoms with Crippen molar-refractivity contribution in [2.24, 2.45) is 7.05 Å². The van der Waals surface area contributed by atoms with Gasteiger partial charge in [0, 0.05) is 76.5 Å². The van der Waals surface area contributed by atoms with Gasteiger partial charge in [-0.3, -0.25) is 0 Å². The summed E-state index contributed by atoms with van der Waals surface area (Å²) < 4.78 is 11.7. The maximum absolute atomic E-state index is 6.85. The van der Waals surface area contributed by atoms with Gasteiger partial charge in [-0.25, -0.2) is 0 Å². The predicted molar refractivity (Wildman–Crippen MR) is 171 cm³/mol. The first-order valence-electron chi connectivity index (χ1n) is 13.6. The van der Waals surface area contributed by atoms with Crippen molar-refractivity contribution in [2.75, 3.05) is 0 Å². The molecule has 0 saturated carbocycles. The molecule has 0 atom stereocenters. The topological polar surface area (TPSA) is 18.1 Å². The number of benzene rings is 6. The highest BCUT2D eigenvalue weighted by atomic mass is 32.1. The summed E-state index contributed by atoms with van der Waals surface area (Å²) >= 11 is 1.86. The van der Waals surface area contributed by atoms with Gasteiger partial charge in [0.25, 0.3) is 0 Å². The molecule has 2 nitrogen and oxygen atoms in total. The molecule has 0 bridgehead atoms. The van der Waals surface area contributed by atoms with Crippen LogP contribution in [0.4, 0.5) is 0 Å². The fourth-order valence-electron chi connectivity index (χ4n) is 6.55. The second-order valence-electron chi connectivity index (χ2n) is 10.6. The van der Waals surface area contributed by atoms with Crippen molar-refractivity contribution in [2.45, 2.75) is 0 Å². The van der Waals surface area contributed by atoms with E-state index >= 15 is 0 Å². The standard InChI is InChI=1S/C37H23NOS/c1-38-32-17-4-2-9-24(32)31-21-22(19-20-33(31)38)23-11-6-12-26-27-13-7-14-28(36(27)39-35(23)26)30-16-8-15-29-25-10-3-5-18-34(25)40-37(29)30/h2-21H,1H3. The van der Waals surface area contributed by atoms with E-state index in [9.17, 15) is 0 Å². The Labute approximate surface area is 234 Å². The Morgan fingerprint density at radius 1 is 0.500 bits per heavy atom. The number of hydrogen-bond acceptors (Lipinski definition) is 2. The molecule has 40 heavy (non-hydrogen) atoms. The highest BCUT2D eigenvalue weighted by molar-refractivity contribution is 7.26. The zero-order valence-electron chi connectivity index (χ0n) is 21.8. The van der Waals surface area contributed by atoms with Gasteiger partial charge in [-0.2, -0.15) is 0 Å². The van der Waals surface area contributed by atoms with E-state index in [0.29, 0.717) is 0 Å². The first-order chi connectivity index (χ1) is 19.8. The smallest absolute Gasteiger partial charge is 0.143 e. The van der Waals surface area contributed by atoms with Crippen LogP contribution in [0.1, 0.15) is 0 Å². The number of aromatic nitrogens is 1. The summed E-state index contributed by atoms with van der Waals surface area (Å²) in [6.07, 6.45) is 0. The lowest BCUT2D eigenvalue weighted by atomic mass is 9.98. The fraction of sp³-hybridized carbons (Fsp3) is 0.0270. The highest BCUT2D eigenvalue weighted by Gasteiger charge is 2.18. The minimum Gasteiger partial charge on any atom is -0.455 e. The van der Waals surface area contributed by atoms with Crippen LogP contribution in [0.3, 0.4) is 0 Å². The monoisotopic (exact) mass is 529 g/mol. The van der Waals surface area contributed by atoms with Crippen molar-refractivity contribution in [1.29, 1.82) is 0 Å². The van der Waals surface area contributed by atoms with Gasteiger partial charge in [0.2, 0.25) is 0 Å². The number of thiophene rings is 1. The Hall–Kier alpha value is -4.86. The number of rotatable bonds is 2. The Morgan fingerprint density at radius 2 is 1.12 bits per heavy atom. The molecule has 0 amide bonds. The van der Waals surface area contributed by atoms with Crippen LogP contribution in [0.5, 0.6) is 0 Å². The molecular weight excluding hydrogens is 506 g/mol. The molecule has 0 unspecified atom stereocenters. The largest absolute Gasteiger partial charge is 0.455 e. The van der Waals surface area contributed by atoms with Gasteiger partial charge in [-0.1, -0.05) is 97.1 Å². The lowest BCUT2D eigenvalue weighted by Gasteiger charge is -2.05. The third-order valence-electron chi connectivity index (χ3n) is 8.44. The third kappa shape index (κ3) is 2.93. The summed E-state index contributed by atoms with van der Waals surface area (Å²) in [6, 6.07) is 43.8. The summed E-state index contributed by atoms with van der Waals surface area (Å²) in [4.78, 5) is 0. The average Bonchev–Trinajstić information content (AvgIpc) is 3.67. The highest BCUT2D eigenvalue weighted by Crippen LogP contribution is 2.45. The molecule has 9 aromatic rings. The Morgan fingerprint density at radius 3 is 1.98 bits per heavy atom. The lowest BCUT2D eigenvalue weighted by Crippen LogP contribution is -1.86. The molecular formula is C37H23NOS. The third-order valence-corrected chi connectivity index (χ3v) is 9.66. The number of fused-ring (bicyclic) bond motifs is 9. The molecule has 188 valence electrons.